The molecule has 3 aromatic rings. The van der Waals surface area contributed by atoms with E-state index in [0.29, 0.717) is 6.04 Å². The molecule has 0 bridgehead atoms. The molecule has 1 saturated heterocycles. The smallest absolute Gasteiger partial charge is 0.144 e. The van der Waals surface area contributed by atoms with Crippen molar-refractivity contribution in [3.8, 4) is 11.4 Å². The number of piperidine rings is 1. The highest BCUT2D eigenvalue weighted by molar-refractivity contribution is 5.60. The molecule has 1 N–H and O–H groups in total. The maximum atomic E-state index is 5.62. The second-order valence-electron chi connectivity index (χ2n) is 7.94. The van der Waals surface area contributed by atoms with Crippen LogP contribution in [0.1, 0.15) is 42.1 Å². The predicted octanol–water partition coefficient (Wildman–Crippen LogP) is 4.58. The van der Waals surface area contributed by atoms with Crippen molar-refractivity contribution in [2.75, 3.05) is 25.5 Å². The average Bonchev–Trinajstić information content (AvgIpc) is 3.38. The zero-order valence-corrected chi connectivity index (χ0v) is 17.0. The van der Waals surface area contributed by atoms with E-state index in [0.717, 1.165) is 43.3 Å². The number of hydrogen-bond donors (Lipinski definition) is 1. The molecule has 0 aliphatic carbocycles. The van der Waals surface area contributed by atoms with Crippen molar-refractivity contribution in [1.82, 2.24) is 14.7 Å². The fourth-order valence-corrected chi connectivity index (χ4v) is 4.76. The van der Waals surface area contributed by atoms with E-state index in [1.54, 1.807) is 7.11 Å². The lowest BCUT2D eigenvalue weighted by Gasteiger charge is -2.35. The van der Waals surface area contributed by atoms with Crippen molar-refractivity contribution in [3.05, 3.63) is 71.4 Å². The van der Waals surface area contributed by atoms with Crippen molar-refractivity contribution in [2.45, 2.75) is 38.3 Å². The van der Waals surface area contributed by atoms with Crippen LogP contribution in [0.3, 0.4) is 0 Å². The maximum Gasteiger partial charge on any atom is 0.144 e. The van der Waals surface area contributed by atoms with E-state index < -0.39 is 0 Å². The van der Waals surface area contributed by atoms with Crippen LogP contribution in [0.15, 0.2) is 54.6 Å². The Labute approximate surface area is 172 Å². The summed E-state index contributed by atoms with van der Waals surface area (Å²) in [4.78, 5) is 2.62. The van der Waals surface area contributed by atoms with Gasteiger partial charge in [-0.05, 0) is 43.5 Å². The summed E-state index contributed by atoms with van der Waals surface area (Å²) >= 11 is 0. The molecule has 0 amide bonds. The Kier molecular flexibility index (Phi) is 4.98. The van der Waals surface area contributed by atoms with E-state index in [-0.39, 0.29) is 0 Å². The zero-order valence-electron chi connectivity index (χ0n) is 17.0. The Morgan fingerprint density at radius 3 is 2.76 bits per heavy atom. The molecule has 1 atom stereocenters. The number of fused-ring (bicyclic) bond motifs is 1. The molecular formula is C24H28N4O. The molecule has 5 heteroatoms. The lowest BCUT2D eigenvalue weighted by Crippen LogP contribution is -2.33. The number of benzene rings is 2. The quantitative estimate of drug-likeness (QED) is 0.695. The van der Waals surface area contributed by atoms with Gasteiger partial charge in [0.2, 0.25) is 0 Å². The first-order valence-corrected chi connectivity index (χ1v) is 10.6. The van der Waals surface area contributed by atoms with Crippen LogP contribution in [0.4, 0.5) is 5.82 Å². The van der Waals surface area contributed by atoms with E-state index >= 15 is 0 Å². The highest BCUT2D eigenvalue weighted by Crippen LogP contribution is 2.39. The Morgan fingerprint density at radius 1 is 1.07 bits per heavy atom. The van der Waals surface area contributed by atoms with Gasteiger partial charge in [0, 0.05) is 18.7 Å². The third-order valence-electron chi connectivity index (χ3n) is 6.15. The van der Waals surface area contributed by atoms with Crippen molar-refractivity contribution < 1.29 is 4.74 Å². The summed E-state index contributed by atoms with van der Waals surface area (Å²) in [7, 11) is 1.72. The number of likely N-dealkylation sites (tertiary alicyclic amines) is 1. The second-order valence-corrected chi connectivity index (χ2v) is 7.94. The summed E-state index contributed by atoms with van der Waals surface area (Å²) < 4.78 is 7.68. The number of anilines is 1. The summed E-state index contributed by atoms with van der Waals surface area (Å²) in [6.07, 6.45) is 4.73. The van der Waals surface area contributed by atoms with Gasteiger partial charge in [0.05, 0.1) is 18.8 Å². The van der Waals surface area contributed by atoms with Crippen molar-refractivity contribution in [1.29, 1.82) is 0 Å². The van der Waals surface area contributed by atoms with Crippen molar-refractivity contribution >= 4 is 5.82 Å². The molecule has 2 aliphatic heterocycles. The van der Waals surface area contributed by atoms with E-state index in [9.17, 15) is 0 Å². The minimum atomic E-state index is 0.369. The molecule has 2 aromatic carbocycles. The number of hydrogen-bond acceptors (Lipinski definition) is 4. The first-order valence-electron chi connectivity index (χ1n) is 10.6. The van der Waals surface area contributed by atoms with Gasteiger partial charge in [-0.2, -0.15) is 5.10 Å². The molecule has 1 unspecified atom stereocenters. The average molecular weight is 389 g/mol. The molecule has 0 saturated carbocycles. The van der Waals surface area contributed by atoms with Gasteiger partial charge in [-0.3, -0.25) is 4.90 Å². The van der Waals surface area contributed by atoms with Crippen molar-refractivity contribution in [2.24, 2.45) is 0 Å². The zero-order chi connectivity index (χ0) is 19.6. The summed E-state index contributed by atoms with van der Waals surface area (Å²) in [6, 6.07) is 19.3. The van der Waals surface area contributed by atoms with Crippen LogP contribution in [0.2, 0.25) is 0 Å². The largest absolute Gasteiger partial charge is 0.494 e. The predicted molar refractivity (Wildman–Crippen MR) is 116 cm³/mol. The summed E-state index contributed by atoms with van der Waals surface area (Å²) in [5.41, 5.74) is 4.99. The molecule has 0 radical (unpaired) electrons. The molecule has 5 nitrogen and oxygen atoms in total. The first-order chi connectivity index (χ1) is 14.3. The SMILES string of the molecule is COc1ccccc1-n1nc(C2CCCCN2Cc2ccccc2)c2c1NCC2. The normalized spacial score (nSPS) is 19.0. The number of para-hydroxylation sites is 2. The van der Waals surface area contributed by atoms with Crippen LogP contribution in [0.25, 0.3) is 5.69 Å². The molecule has 5 rings (SSSR count). The number of ether oxygens (including phenoxy) is 1. The minimum absolute atomic E-state index is 0.369. The molecule has 29 heavy (non-hydrogen) atoms. The summed E-state index contributed by atoms with van der Waals surface area (Å²) in [5.74, 6) is 1.98. The molecule has 0 spiro atoms. The standard InChI is InChI=1S/C24H28N4O/c1-29-22-13-6-5-11-20(22)28-24-19(14-15-25-24)23(26-28)21-12-7-8-16-27(21)17-18-9-3-2-4-10-18/h2-6,9-11,13,21,25H,7-8,12,14-17H2,1H3. The number of rotatable bonds is 5. The van der Waals surface area contributed by atoms with Gasteiger partial charge in [-0.25, -0.2) is 4.68 Å². The number of nitrogens with zero attached hydrogens (tertiary/aromatic N) is 3. The Morgan fingerprint density at radius 2 is 1.90 bits per heavy atom. The highest BCUT2D eigenvalue weighted by Gasteiger charge is 2.33. The highest BCUT2D eigenvalue weighted by atomic mass is 16.5. The van der Waals surface area contributed by atoms with Crippen molar-refractivity contribution in [3.63, 3.8) is 0 Å². The van der Waals surface area contributed by atoms with Gasteiger partial charge >= 0.3 is 0 Å². The van der Waals surface area contributed by atoms with Gasteiger partial charge < -0.3 is 10.1 Å². The molecule has 1 fully saturated rings. The first kappa shape index (κ1) is 18.3. The molecule has 3 heterocycles. The van der Waals surface area contributed by atoms with Gasteiger partial charge in [-0.1, -0.05) is 48.9 Å². The fourth-order valence-electron chi connectivity index (χ4n) is 4.76. The lowest BCUT2D eigenvalue weighted by molar-refractivity contribution is 0.136. The number of aromatic nitrogens is 2. The van der Waals surface area contributed by atoms with Crippen LogP contribution in [0, 0.1) is 0 Å². The number of nitrogens with one attached hydrogen (secondary N) is 1. The van der Waals surface area contributed by atoms with E-state index in [2.05, 4.69) is 51.3 Å². The number of methoxy groups -OCH3 is 1. The third-order valence-corrected chi connectivity index (χ3v) is 6.15. The van der Waals surface area contributed by atoms with Crippen LogP contribution >= 0.6 is 0 Å². The maximum absolute atomic E-state index is 5.62. The van der Waals surface area contributed by atoms with Crippen LogP contribution in [0.5, 0.6) is 5.75 Å². The molecule has 1 aromatic heterocycles. The van der Waals surface area contributed by atoms with Crippen LogP contribution in [-0.2, 0) is 13.0 Å². The molecule has 2 aliphatic rings. The topological polar surface area (TPSA) is 42.3 Å². The van der Waals surface area contributed by atoms with Crippen LogP contribution in [-0.4, -0.2) is 34.9 Å². The fraction of sp³-hybridized carbons (Fsp3) is 0.375. The third kappa shape index (κ3) is 3.40. The Hall–Kier alpha value is -2.79. The van der Waals surface area contributed by atoms with Crippen LogP contribution < -0.4 is 10.1 Å². The Balaban J connectivity index is 1.53. The summed E-state index contributed by atoms with van der Waals surface area (Å²) in [5, 5.41) is 8.73. The van der Waals surface area contributed by atoms with Gasteiger partial charge in [0.1, 0.15) is 17.3 Å². The molecule has 150 valence electrons. The lowest BCUT2D eigenvalue weighted by atomic mass is 9.95. The van der Waals surface area contributed by atoms with Gasteiger partial charge in [-0.15, -0.1) is 0 Å². The second kappa shape index (κ2) is 7.91. The van der Waals surface area contributed by atoms with E-state index in [1.165, 1.54) is 36.1 Å². The van der Waals surface area contributed by atoms with Gasteiger partial charge in [0.25, 0.3) is 0 Å². The van der Waals surface area contributed by atoms with E-state index in [1.807, 2.05) is 18.2 Å². The Bertz CT molecular complexity index is 982. The van der Waals surface area contributed by atoms with E-state index in [4.69, 9.17) is 9.84 Å². The molecular weight excluding hydrogens is 360 g/mol. The monoisotopic (exact) mass is 388 g/mol. The minimum Gasteiger partial charge on any atom is -0.494 e. The van der Waals surface area contributed by atoms with Gasteiger partial charge in [0.15, 0.2) is 0 Å². The summed E-state index contributed by atoms with van der Waals surface area (Å²) in [6.45, 7) is 3.08.